The standard InChI is InChI=1S/C24H30N2O3/c1-24(21-13-14-21,23(28)29-2)25-17-22(27)26(18-20-11-7-4-8-12-20)16-15-19-9-5-3-6-10-19/h3-12,21,25H,13-18H2,1-2H3/t24-/m1/s1. The lowest BCUT2D eigenvalue weighted by Gasteiger charge is -2.30. The van der Waals surface area contributed by atoms with Crippen LogP contribution in [0, 0.1) is 5.92 Å². The first kappa shape index (κ1) is 21.1. The molecular weight excluding hydrogens is 364 g/mol. The van der Waals surface area contributed by atoms with Crippen molar-refractivity contribution in [3.63, 3.8) is 0 Å². The summed E-state index contributed by atoms with van der Waals surface area (Å²) >= 11 is 0. The van der Waals surface area contributed by atoms with Gasteiger partial charge in [0.1, 0.15) is 5.54 Å². The number of ether oxygens (including phenoxy) is 1. The normalized spacial score (nSPS) is 15.4. The second-order valence-electron chi connectivity index (χ2n) is 7.86. The lowest BCUT2D eigenvalue weighted by atomic mass is 9.96. The molecule has 0 unspecified atom stereocenters. The molecule has 0 radical (unpaired) electrons. The van der Waals surface area contributed by atoms with Crippen molar-refractivity contribution in [2.75, 3.05) is 20.2 Å². The Kier molecular flexibility index (Phi) is 7.04. The van der Waals surface area contributed by atoms with Crippen molar-refractivity contribution in [3.8, 4) is 0 Å². The van der Waals surface area contributed by atoms with Crippen molar-refractivity contribution in [1.82, 2.24) is 10.2 Å². The quantitative estimate of drug-likeness (QED) is 0.629. The van der Waals surface area contributed by atoms with E-state index >= 15 is 0 Å². The molecule has 1 saturated carbocycles. The van der Waals surface area contributed by atoms with Crippen molar-refractivity contribution in [2.24, 2.45) is 5.92 Å². The lowest BCUT2D eigenvalue weighted by molar-refractivity contribution is -0.149. The minimum absolute atomic E-state index is 0.0134. The van der Waals surface area contributed by atoms with E-state index < -0.39 is 5.54 Å². The van der Waals surface area contributed by atoms with Gasteiger partial charge in [0.25, 0.3) is 0 Å². The third kappa shape index (κ3) is 5.67. The molecule has 1 aliphatic rings. The second kappa shape index (κ2) is 9.70. The van der Waals surface area contributed by atoms with Crippen LogP contribution in [0.5, 0.6) is 0 Å². The summed E-state index contributed by atoms with van der Waals surface area (Å²) in [6, 6.07) is 20.1. The Bertz CT molecular complexity index is 805. The Morgan fingerprint density at radius 1 is 1.03 bits per heavy atom. The molecule has 1 fully saturated rings. The van der Waals surface area contributed by atoms with Crippen molar-refractivity contribution in [1.29, 1.82) is 0 Å². The molecule has 29 heavy (non-hydrogen) atoms. The van der Waals surface area contributed by atoms with Crippen LogP contribution in [0.25, 0.3) is 0 Å². The summed E-state index contributed by atoms with van der Waals surface area (Å²) in [4.78, 5) is 27.2. The SMILES string of the molecule is COC(=O)[C@](C)(NCC(=O)N(CCc1ccccc1)Cc1ccccc1)C1CC1. The molecule has 5 nitrogen and oxygen atoms in total. The van der Waals surface area contributed by atoms with Crippen LogP contribution in [0.1, 0.15) is 30.9 Å². The third-order valence-corrected chi connectivity index (χ3v) is 5.69. The first-order valence-electron chi connectivity index (χ1n) is 10.2. The van der Waals surface area contributed by atoms with E-state index in [1.165, 1.54) is 12.7 Å². The van der Waals surface area contributed by atoms with Crippen LogP contribution < -0.4 is 5.32 Å². The highest BCUT2D eigenvalue weighted by Gasteiger charge is 2.48. The molecule has 0 aromatic heterocycles. The topological polar surface area (TPSA) is 58.6 Å². The largest absolute Gasteiger partial charge is 0.468 e. The number of nitrogens with one attached hydrogen (secondary N) is 1. The molecule has 0 saturated heterocycles. The van der Waals surface area contributed by atoms with Crippen LogP contribution in [0.15, 0.2) is 60.7 Å². The van der Waals surface area contributed by atoms with Gasteiger partial charge in [0.2, 0.25) is 5.91 Å². The number of carbonyl (C=O) groups is 2. The molecule has 1 N–H and O–H groups in total. The van der Waals surface area contributed by atoms with Crippen LogP contribution in [0.2, 0.25) is 0 Å². The first-order valence-corrected chi connectivity index (χ1v) is 10.2. The van der Waals surface area contributed by atoms with Gasteiger partial charge >= 0.3 is 5.97 Å². The van der Waals surface area contributed by atoms with Crippen LogP contribution in [0.3, 0.4) is 0 Å². The zero-order valence-electron chi connectivity index (χ0n) is 17.3. The van der Waals surface area contributed by atoms with Crippen molar-refractivity contribution in [2.45, 2.75) is 38.3 Å². The zero-order valence-corrected chi connectivity index (χ0v) is 17.3. The summed E-state index contributed by atoms with van der Waals surface area (Å²) in [5.74, 6) is -0.0816. The van der Waals surface area contributed by atoms with Gasteiger partial charge in [-0.1, -0.05) is 60.7 Å². The summed E-state index contributed by atoms with van der Waals surface area (Å²) in [5, 5.41) is 3.21. The molecule has 2 aromatic rings. The average Bonchev–Trinajstić information content (AvgIpc) is 3.61. The van der Waals surface area contributed by atoms with Gasteiger partial charge in [-0.2, -0.15) is 0 Å². The van der Waals surface area contributed by atoms with Gasteiger partial charge in [-0.15, -0.1) is 0 Å². The fourth-order valence-electron chi connectivity index (χ4n) is 3.63. The van der Waals surface area contributed by atoms with Crippen LogP contribution in [-0.4, -0.2) is 42.5 Å². The minimum Gasteiger partial charge on any atom is -0.468 e. The number of benzene rings is 2. The first-order chi connectivity index (χ1) is 14.0. The van der Waals surface area contributed by atoms with Crippen molar-refractivity contribution in [3.05, 3.63) is 71.8 Å². The molecule has 0 spiro atoms. The number of hydrogen-bond acceptors (Lipinski definition) is 4. The Labute approximate surface area is 173 Å². The van der Waals surface area contributed by atoms with E-state index in [-0.39, 0.29) is 24.3 Å². The van der Waals surface area contributed by atoms with Gasteiger partial charge < -0.3 is 9.64 Å². The molecule has 0 heterocycles. The van der Waals surface area contributed by atoms with Gasteiger partial charge in [0.15, 0.2) is 0 Å². The van der Waals surface area contributed by atoms with E-state index in [0.717, 1.165) is 24.8 Å². The van der Waals surface area contributed by atoms with E-state index in [1.54, 1.807) is 0 Å². The Balaban J connectivity index is 1.66. The number of carbonyl (C=O) groups excluding carboxylic acids is 2. The molecule has 1 aliphatic carbocycles. The minimum atomic E-state index is -0.803. The number of nitrogens with zero attached hydrogens (tertiary/aromatic N) is 1. The predicted molar refractivity (Wildman–Crippen MR) is 113 cm³/mol. The lowest BCUT2D eigenvalue weighted by Crippen LogP contribution is -2.55. The van der Waals surface area contributed by atoms with E-state index in [9.17, 15) is 9.59 Å². The Morgan fingerprint density at radius 3 is 2.17 bits per heavy atom. The van der Waals surface area contributed by atoms with E-state index in [0.29, 0.717) is 13.1 Å². The van der Waals surface area contributed by atoms with Crippen LogP contribution in [-0.2, 0) is 27.3 Å². The Morgan fingerprint density at radius 2 is 1.62 bits per heavy atom. The number of rotatable bonds is 10. The number of esters is 1. The highest BCUT2D eigenvalue weighted by Crippen LogP contribution is 2.40. The van der Waals surface area contributed by atoms with E-state index in [4.69, 9.17) is 4.74 Å². The summed E-state index contributed by atoms with van der Waals surface area (Å²) in [5.41, 5.74) is 1.48. The summed E-state index contributed by atoms with van der Waals surface area (Å²) in [7, 11) is 1.40. The van der Waals surface area contributed by atoms with E-state index in [2.05, 4.69) is 17.4 Å². The molecule has 2 aromatic carbocycles. The number of hydrogen-bond donors (Lipinski definition) is 1. The van der Waals surface area contributed by atoms with Gasteiger partial charge in [0, 0.05) is 13.1 Å². The maximum atomic E-state index is 13.1. The maximum absolute atomic E-state index is 13.1. The van der Waals surface area contributed by atoms with Gasteiger partial charge in [-0.3, -0.25) is 14.9 Å². The molecule has 0 bridgehead atoms. The molecule has 0 aliphatic heterocycles. The molecule has 1 amide bonds. The van der Waals surface area contributed by atoms with Gasteiger partial charge in [0.05, 0.1) is 13.7 Å². The summed E-state index contributed by atoms with van der Waals surface area (Å²) in [6.45, 7) is 3.13. The number of methoxy groups -OCH3 is 1. The zero-order chi connectivity index (χ0) is 20.7. The monoisotopic (exact) mass is 394 g/mol. The third-order valence-electron chi connectivity index (χ3n) is 5.69. The molecule has 5 heteroatoms. The van der Waals surface area contributed by atoms with E-state index in [1.807, 2.05) is 60.4 Å². The van der Waals surface area contributed by atoms with Crippen LogP contribution in [0.4, 0.5) is 0 Å². The molecule has 154 valence electrons. The average molecular weight is 395 g/mol. The number of amides is 1. The predicted octanol–water partition coefficient (Wildman–Crippen LogP) is 3.19. The smallest absolute Gasteiger partial charge is 0.326 e. The molecule has 3 rings (SSSR count). The van der Waals surface area contributed by atoms with Crippen LogP contribution >= 0.6 is 0 Å². The highest BCUT2D eigenvalue weighted by atomic mass is 16.5. The summed E-state index contributed by atoms with van der Waals surface area (Å²) < 4.78 is 4.98. The Hall–Kier alpha value is -2.66. The molecule has 1 atom stereocenters. The maximum Gasteiger partial charge on any atom is 0.326 e. The van der Waals surface area contributed by atoms with Gasteiger partial charge in [-0.05, 0) is 43.2 Å². The summed E-state index contributed by atoms with van der Waals surface area (Å²) in [6.07, 6.45) is 2.75. The fourth-order valence-corrected chi connectivity index (χ4v) is 3.63. The van der Waals surface area contributed by atoms with Crippen molar-refractivity contribution < 1.29 is 14.3 Å². The second-order valence-corrected chi connectivity index (χ2v) is 7.86. The van der Waals surface area contributed by atoms with Crippen molar-refractivity contribution >= 4 is 11.9 Å². The van der Waals surface area contributed by atoms with Gasteiger partial charge in [-0.25, -0.2) is 0 Å². The highest BCUT2D eigenvalue weighted by molar-refractivity contribution is 5.83. The fraction of sp³-hybridized carbons (Fsp3) is 0.417. The molecular formula is C24H30N2O3.